The van der Waals surface area contributed by atoms with E-state index in [1.54, 1.807) is 0 Å². The van der Waals surface area contributed by atoms with Crippen LogP contribution in [-0.4, -0.2) is 17.2 Å². The van der Waals surface area contributed by atoms with E-state index in [0.717, 1.165) is 24.9 Å². The maximum atomic E-state index is 4.53. The number of aryl methyl sites for hydroxylation is 2. The van der Waals surface area contributed by atoms with Gasteiger partial charge in [0.05, 0.1) is 5.72 Å². The van der Waals surface area contributed by atoms with Crippen LogP contribution in [0.4, 0.5) is 0 Å². The average molecular weight is 371 g/mol. The number of nitrogens with zero attached hydrogens (tertiary/aromatic N) is 1. The Morgan fingerprint density at radius 2 is 1.50 bits per heavy atom. The molecule has 2 nitrogen and oxygen atoms in total. The van der Waals surface area contributed by atoms with E-state index in [4.69, 9.17) is 0 Å². The Hall–Kier alpha value is -2.29. The fourth-order valence-electron chi connectivity index (χ4n) is 3.82. The first-order valence-corrected chi connectivity index (χ1v) is 10.4. The maximum Gasteiger partial charge on any atom is 0.201 e. The second kappa shape index (κ2) is 8.81. The minimum Gasteiger partial charge on any atom is -0.354 e. The summed E-state index contributed by atoms with van der Waals surface area (Å²) in [7, 11) is 2.24. The molecule has 0 saturated heterocycles. The summed E-state index contributed by atoms with van der Waals surface area (Å²) in [6, 6.07) is 17.6. The SMILES string of the molecule is Cc1ccccc1C(CCC[B]c1ncc(C(C)(C)C)[nH]1)c1ccccc1C. The molecule has 0 aliphatic rings. The monoisotopic (exact) mass is 371 g/mol. The van der Waals surface area contributed by atoms with Crippen LogP contribution < -0.4 is 5.72 Å². The van der Waals surface area contributed by atoms with E-state index in [0.29, 0.717) is 5.92 Å². The third kappa shape index (κ3) is 4.95. The number of hydrogen-bond donors (Lipinski definition) is 1. The fraction of sp³-hybridized carbons (Fsp3) is 0.400. The van der Waals surface area contributed by atoms with Gasteiger partial charge in [0.15, 0.2) is 0 Å². The molecule has 145 valence electrons. The molecule has 2 aromatic carbocycles. The summed E-state index contributed by atoms with van der Waals surface area (Å²) in [5.41, 5.74) is 7.94. The van der Waals surface area contributed by atoms with Crippen molar-refractivity contribution >= 4 is 13.0 Å². The molecule has 3 rings (SSSR count). The lowest BCUT2D eigenvalue weighted by atomic mass is 9.70. The van der Waals surface area contributed by atoms with E-state index in [2.05, 4.69) is 100 Å². The largest absolute Gasteiger partial charge is 0.354 e. The number of aromatic amines is 1. The summed E-state index contributed by atoms with van der Waals surface area (Å²) in [4.78, 5) is 7.99. The van der Waals surface area contributed by atoms with E-state index >= 15 is 0 Å². The number of nitrogens with one attached hydrogen (secondary N) is 1. The Bertz CT molecular complexity index is 859. The molecule has 0 saturated carbocycles. The van der Waals surface area contributed by atoms with Crippen LogP contribution in [0.1, 0.15) is 67.5 Å². The Labute approximate surface area is 171 Å². The zero-order chi connectivity index (χ0) is 20.1. The lowest BCUT2D eigenvalue weighted by molar-refractivity contribution is 0.573. The van der Waals surface area contributed by atoms with Gasteiger partial charge in [0, 0.05) is 23.2 Å². The molecule has 1 N–H and O–H groups in total. The number of H-pyrrole nitrogens is 1. The normalized spacial score (nSPS) is 11.8. The smallest absolute Gasteiger partial charge is 0.201 e. The molecule has 1 aromatic heterocycles. The highest BCUT2D eigenvalue weighted by Crippen LogP contribution is 2.33. The third-order valence-electron chi connectivity index (χ3n) is 5.57. The lowest BCUT2D eigenvalue weighted by Gasteiger charge is -2.22. The van der Waals surface area contributed by atoms with Crippen LogP contribution in [-0.2, 0) is 5.41 Å². The standard InChI is InChI=1S/C25H32BN2/c1-18-11-6-8-13-20(18)22(21-14-9-7-12-19(21)2)15-10-16-26-24-27-17-23(28-24)25(3,4)5/h6-9,11-14,17,22H,10,15-16H2,1-5H3,(H,27,28). The van der Waals surface area contributed by atoms with Gasteiger partial charge in [-0.1, -0.05) is 82.0 Å². The molecule has 3 heteroatoms. The first kappa shape index (κ1) is 20.4. The van der Waals surface area contributed by atoms with Gasteiger partial charge in [0.1, 0.15) is 0 Å². The molecule has 3 aromatic rings. The highest BCUT2D eigenvalue weighted by molar-refractivity contribution is 6.51. The van der Waals surface area contributed by atoms with Crippen molar-refractivity contribution in [1.82, 2.24) is 9.97 Å². The van der Waals surface area contributed by atoms with Crippen molar-refractivity contribution in [3.05, 3.63) is 82.7 Å². The number of aromatic nitrogens is 2. The van der Waals surface area contributed by atoms with Gasteiger partial charge < -0.3 is 4.98 Å². The van der Waals surface area contributed by atoms with Gasteiger partial charge in [0.25, 0.3) is 0 Å². The van der Waals surface area contributed by atoms with Gasteiger partial charge in [-0.05, 0) is 42.5 Å². The van der Waals surface area contributed by atoms with Gasteiger partial charge in [-0.3, -0.25) is 4.98 Å². The molecular formula is C25H32BN2. The first-order valence-electron chi connectivity index (χ1n) is 10.4. The summed E-state index contributed by atoms with van der Waals surface area (Å²) in [5.74, 6) is 0.442. The number of hydrogen-bond acceptors (Lipinski definition) is 1. The topological polar surface area (TPSA) is 28.7 Å². The lowest BCUT2D eigenvalue weighted by Crippen LogP contribution is -2.20. The van der Waals surface area contributed by atoms with Crippen LogP contribution in [0.3, 0.4) is 0 Å². The van der Waals surface area contributed by atoms with Crippen LogP contribution in [0.2, 0.25) is 6.32 Å². The molecule has 0 spiro atoms. The zero-order valence-electron chi connectivity index (χ0n) is 17.9. The molecule has 0 aliphatic carbocycles. The van der Waals surface area contributed by atoms with E-state index in [9.17, 15) is 0 Å². The van der Waals surface area contributed by atoms with Gasteiger partial charge in [-0.15, -0.1) is 0 Å². The van der Waals surface area contributed by atoms with Crippen LogP contribution in [0.15, 0.2) is 54.7 Å². The Kier molecular flexibility index (Phi) is 6.44. The third-order valence-corrected chi connectivity index (χ3v) is 5.57. The van der Waals surface area contributed by atoms with Crippen LogP contribution in [0.5, 0.6) is 0 Å². The zero-order valence-corrected chi connectivity index (χ0v) is 17.9. The van der Waals surface area contributed by atoms with E-state index in [1.807, 2.05) is 6.20 Å². The molecule has 0 bridgehead atoms. The highest BCUT2D eigenvalue weighted by atomic mass is 14.9. The summed E-state index contributed by atoms with van der Waals surface area (Å²) < 4.78 is 0. The van der Waals surface area contributed by atoms with Gasteiger partial charge in [-0.25, -0.2) is 0 Å². The maximum absolute atomic E-state index is 4.53. The van der Waals surface area contributed by atoms with Crippen LogP contribution in [0.25, 0.3) is 0 Å². The van der Waals surface area contributed by atoms with Crippen molar-refractivity contribution in [2.45, 2.75) is 65.1 Å². The first-order chi connectivity index (χ1) is 13.4. The highest BCUT2D eigenvalue weighted by Gasteiger charge is 2.19. The van der Waals surface area contributed by atoms with Crippen LogP contribution >= 0.6 is 0 Å². The minimum atomic E-state index is 0.111. The molecule has 28 heavy (non-hydrogen) atoms. The van der Waals surface area contributed by atoms with Crippen LogP contribution in [0, 0.1) is 13.8 Å². The average Bonchev–Trinajstić information content (AvgIpc) is 3.13. The molecule has 0 atom stereocenters. The van der Waals surface area contributed by atoms with Crippen molar-refractivity contribution < 1.29 is 0 Å². The second-order valence-electron chi connectivity index (χ2n) is 8.83. The van der Waals surface area contributed by atoms with Gasteiger partial charge >= 0.3 is 0 Å². The molecule has 0 amide bonds. The second-order valence-corrected chi connectivity index (χ2v) is 8.83. The molecule has 1 heterocycles. The van der Waals surface area contributed by atoms with Crippen molar-refractivity contribution in [3.8, 4) is 0 Å². The summed E-state index contributed by atoms with van der Waals surface area (Å²) in [5, 5.41) is 0. The Morgan fingerprint density at radius 3 is 2.00 bits per heavy atom. The van der Waals surface area contributed by atoms with E-state index < -0.39 is 0 Å². The van der Waals surface area contributed by atoms with E-state index in [1.165, 1.54) is 27.9 Å². The van der Waals surface area contributed by atoms with Crippen molar-refractivity contribution in [2.24, 2.45) is 0 Å². The van der Waals surface area contributed by atoms with Gasteiger partial charge in [-0.2, -0.15) is 0 Å². The number of benzene rings is 2. The Morgan fingerprint density at radius 1 is 0.929 bits per heavy atom. The minimum absolute atomic E-state index is 0.111. The molecule has 1 radical (unpaired) electrons. The summed E-state index contributed by atoms with van der Waals surface area (Å²) >= 11 is 0. The fourth-order valence-corrected chi connectivity index (χ4v) is 3.82. The number of rotatable bonds is 7. The molecule has 0 unspecified atom stereocenters. The summed E-state index contributed by atoms with van der Waals surface area (Å²) in [6.45, 7) is 11.1. The Balaban J connectivity index is 1.68. The van der Waals surface area contributed by atoms with E-state index in [-0.39, 0.29) is 5.41 Å². The predicted molar refractivity (Wildman–Crippen MR) is 121 cm³/mol. The predicted octanol–water partition coefficient (Wildman–Crippen LogP) is 5.68. The quantitative estimate of drug-likeness (QED) is 0.420. The van der Waals surface area contributed by atoms with Gasteiger partial charge in [0.2, 0.25) is 7.28 Å². The van der Waals surface area contributed by atoms with Crippen molar-refractivity contribution in [3.63, 3.8) is 0 Å². The van der Waals surface area contributed by atoms with Crippen molar-refractivity contribution in [1.29, 1.82) is 0 Å². The summed E-state index contributed by atoms with van der Waals surface area (Å²) in [6.07, 6.45) is 5.28. The molecule has 0 fully saturated rings. The number of imidazole rings is 1. The van der Waals surface area contributed by atoms with Crippen molar-refractivity contribution in [2.75, 3.05) is 0 Å². The molecule has 0 aliphatic heterocycles. The molecular weight excluding hydrogens is 339 g/mol.